The van der Waals surface area contributed by atoms with Crippen LogP contribution >= 0.6 is 0 Å². The number of hydrogen-bond acceptors (Lipinski definition) is 5. The Morgan fingerprint density at radius 3 is 2.44 bits per heavy atom. The Morgan fingerprint density at radius 1 is 0.938 bits per heavy atom. The van der Waals surface area contributed by atoms with E-state index in [4.69, 9.17) is 4.52 Å². The summed E-state index contributed by atoms with van der Waals surface area (Å²) in [7, 11) is 0. The second kappa shape index (κ2) is 7.70. The minimum Gasteiger partial charge on any atom is -0.344 e. The minimum absolute atomic E-state index is 0.122. The van der Waals surface area contributed by atoms with E-state index >= 15 is 0 Å². The highest BCUT2D eigenvalue weighted by Gasteiger charge is 2.30. The first-order valence-corrected chi connectivity index (χ1v) is 9.69. The lowest BCUT2D eigenvalue weighted by molar-refractivity contribution is -0.137. The number of benzene rings is 1. The van der Waals surface area contributed by atoms with Gasteiger partial charge in [-0.15, -0.1) is 0 Å². The van der Waals surface area contributed by atoms with Crippen molar-refractivity contribution in [2.45, 2.75) is 24.8 Å². The van der Waals surface area contributed by atoms with Gasteiger partial charge in [0.25, 0.3) is 5.89 Å². The molecular formula is C22H15F4N5O. The molecule has 3 aliphatic rings. The lowest BCUT2D eigenvalue weighted by Crippen LogP contribution is -2.12. The molecular weight excluding hydrogens is 426 g/mol. The van der Waals surface area contributed by atoms with Crippen LogP contribution in [0.25, 0.3) is 22.8 Å². The maximum atomic E-state index is 14.1. The fraction of sp³-hybridized carbons (Fsp3) is 0.182. The van der Waals surface area contributed by atoms with Gasteiger partial charge in [0.1, 0.15) is 17.7 Å². The van der Waals surface area contributed by atoms with E-state index in [1.807, 2.05) is 0 Å². The second-order valence-corrected chi connectivity index (χ2v) is 7.30. The van der Waals surface area contributed by atoms with Crippen LogP contribution in [0.5, 0.6) is 0 Å². The molecule has 162 valence electrons. The van der Waals surface area contributed by atoms with Crippen LogP contribution in [-0.2, 0) is 12.7 Å². The molecule has 0 saturated carbocycles. The van der Waals surface area contributed by atoms with Crippen molar-refractivity contribution in [1.29, 1.82) is 0 Å². The van der Waals surface area contributed by atoms with Crippen molar-refractivity contribution < 1.29 is 22.1 Å². The van der Waals surface area contributed by atoms with Gasteiger partial charge in [0.2, 0.25) is 0 Å². The molecule has 10 heteroatoms. The normalized spacial score (nSPS) is 18.5. The van der Waals surface area contributed by atoms with Gasteiger partial charge in [0, 0.05) is 18.0 Å². The largest absolute Gasteiger partial charge is 0.416 e. The summed E-state index contributed by atoms with van der Waals surface area (Å²) in [4.78, 5) is 13.1. The summed E-state index contributed by atoms with van der Waals surface area (Å²) in [6, 6.07) is 6.26. The minimum atomic E-state index is -4.41. The third kappa shape index (κ3) is 3.91. The second-order valence-electron chi connectivity index (χ2n) is 7.30. The zero-order valence-corrected chi connectivity index (χ0v) is 16.4. The van der Waals surface area contributed by atoms with Gasteiger partial charge in [-0.1, -0.05) is 23.4 Å². The number of halogens is 4. The van der Waals surface area contributed by atoms with Crippen molar-refractivity contribution in [3.8, 4) is 22.8 Å². The molecule has 0 fully saturated rings. The summed E-state index contributed by atoms with van der Waals surface area (Å²) in [6.45, 7) is 0.250. The highest BCUT2D eigenvalue weighted by atomic mass is 19.4. The van der Waals surface area contributed by atoms with Gasteiger partial charge in [-0.25, -0.2) is 14.4 Å². The third-order valence-electron chi connectivity index (χ3n) is 5.06. The van der Waals surface area contributed by atoms with E-state index in [0.29, 0.717) is 28.6 Å². The molecule has 5 rings (SSSR count). The molecule has 0 saturated heterocycles. The Bertz CT molecular complexity index is 1270. The molecule has 2 unspecified atom stereocenters. The van der Waals surface area contributed by atoms with E-state index in [1.54, 1.807) is 41.3 Å². The summed E-state index contributed by atoms with van der Waals surface area (Å²) < 4.78 is 59.3. The monoisotopic (exact) mass is 441 g/mol. The number of hydrogen-bond donors (Lipinski definition) is 0. The van der Waals surface area contributed by atoms with Gasteiger partial charge in [0.05, 0.1) is 23.7 Å². The Hall–Kier alpha value is -3.82. The highest BCUT2D eigenvalue weighted by Crippen LogP contribution is 2.31. The molecule has 0 N–H and O–H groups in total. The van der Waals surface area contributed by atoms with Crippen molar-refractivity contribution in [3.63, 3.8) is 0 Å². The molecule has 2 aliphatic heterocycles. The first-order chi connectivity index (χ1) is 15.4. The van der Waals surface area contributed by atoms with Crippen LogP contribution < -0.4 is 0 Å². The lowest BCUT2D eigenvalue weighted by Gasteiger charge is -2.13. The quantitative estimate of drug-likeness (QED) is 0.415. The molecule has 2 atom stereocenters. The van der Waals surface area contributed by atoms with Crippen LogP contribution in [0.1, 0.15) is 23.1 Å². The number of pyridine rings is 1. The Balaban J connectivity index is 1.34. The van der Waals surface area contributed by atoms with Gasteiger partial charge < -0.3 is 9.09 Å². The number of fused-ring (bicyclic) bond motifs is 1. The molecule has 3 heterocycles. The number of alkyl halides is 4. The summed E-state index contributed by atoms with van der Waals surface area (Å²) in [5.41, 5.74) is 0.882. The van der Waals surface area contributed by atoms with E-state index in [9.17, 15) is 17.6 Å². The van der Waals surface area contributed by atoms with E-state index in [0.717, 1.165) is 12.1 Å². The molecule has 0 bridgehead atoms. The first-order valence-electron chi connectivity index (χ1n) is 9.69. The Labute approximate surface area is 179 Å². The maximum absolute atomic E-state index is 14.1. The molecule has 2 aromatic rings. The van der Waals surface area contributed by atoms with E-state index < -0.39 is 23.8 Å². The summed E-state index contributed by atoms with van der Waals surface area (Å²) in [6.07, 6.45) is 4.55. The van der Waals surface area contributed by atoms with Crippen LogP contribution in [0.2, 0.25) is 0 Å². The van der Waals surface area contributed by atoms with Crippen LogP contribution in [0.3, 0.4) is 0 Å². The number of aromatic nitrogens is 5. The van der Waals surface area contributed by atoms with E-state index in [1.165, 1.54) is 18.2 Å². The average molecular weight is 441 g/mol. The Kier molecular flexibility index (Phi) is 4.84. The molecule has 0 radical (unpaired) electrons. The standard InChI is InChI=1S/C22H15F4N5O/c23-16-4-2-1-3-15(16)20-27-17-9-10-31(11-18(17)28-20)12-19-29-21(32-30-19)13-5-7-14(8-6-13)22(24,25)26/h1-11,15-16H,12H2. The zero-order valence-electron chi connectivity index (χ0n) is 16.4. The molecule has 1 aromatic heterocycles. The first kappa shape index (κ1) is 20.1. The van der Waals surface area contributed by atoms with Gasteiger partial charge in [0.15, 0.2) is 5.82 Å². The summed E-state index contributed by atoms with van der Waals surface area (Å²) >= 11 is 0. The lowest BCUT2D eigenvalue weighted by atomic mass is 9.98. The fourth-order valence-electron chi connectivity index (χ4n) is 3.43. The SMILES string of the molecule is FC1C=CC=CC1c1nc2ccn(Cc3noc(-c4ccc(C(F)(F)F)cc4)n3)cc-2n1. The van der Waals surface area contributed by atoms with Crippen LogP contribution in [0, 0.1) is 0 Å². The predicted octanol–water partition coefficient (Wildman–Crippen LogP) is 5.05. The molecule has 0 amide bonds. The van der Waals surface area contributed by atoms with Gasteiger partial charge >= 0.3 is 6.18 Å². The van der Waals surface area contributed by atoms with Crippen molar-refractivity contribution >= 4 is 0 Å². The van der Waals surface area contributed by atoms with Crippen LogP contribution in [-0.4, -0.2) is 30.8 Å². The molecule has 1 aromatic carbocycles. The van der Waals surface area contributed by atoms with E-state index in [-0.39, 0.29) is 12.4 Å². The number of imidazole rings is 1. The molecule has 0 spiro atoms. The predicted molar refractivity (Wildman–Crippen MR) is 106 cm³/mol. The van der Waals surface area contributed by atoms with Gasteiger partial charge in [-0.05, 0) is 36.4 Å². The van der Waals surface area contributed by atoms with Crippen LogP contribution in [0.15, 0.2) is 71.6 Å². The highest BCUT2D eigenvalue weighted by molar-refractivity contribution is 5.56. The topological polar surface area (TPSA) is 69.6 Å². The van der Waals surface area contributed by atoms with Crippen molar-refractivity contribution in [2.24, 2.45) is 0 Å². The van der Waals surface area contributed by atoms with Gasteiger partial charge in [-0.3, -0.25) is 0 Å². The van der Waals surface area contributed by atoms with Crippen LogP contribution in [0.4, 0.5) is 17.6 Å². The summed E-state index contributed by atoms with van der Waals surface area (Å²) in [5, 5.41) is 3.90. The summed E-state index contributed by atoms with van der Waals surface area (Å²) in [5.74, 6) is 0.351. The zero-order chi connectivity index (χ0) is 22.3. The average Bonchev–Trinajstić information content (AvgIpc) is 3.40. The molecule has 1 aliphatic carbocycles. The fourth-order valence-corrected chi connectivity index (χ4v) is 3.43. The van der Waals surface area contributed by atoms with Crippen molar-refractivity contribution in [1.82, 2.24) is 24.7 Å². The number of nitrogens with zero attached hydrogens (tertiary/aromatic N) is 5. The van der Waals surface area contributed by atoms with Gasteiger partial charge in [-0.2, -0.15) is 18.2 Å². The van der Waals surface area contributed by atoms with Crippen molar-refractivity contribution in [3.05, 3.63) is 84.2 Å². The Morgan fingerprint density at radius 2 is 1.69 bits per heavy atom. The number of allylic oxidation sites excluding steroid dienone is 4. The third-order valence-corrected chi connectivity index (χ3v) is 5.06. The smallest absolute Gasteiger partial charge is 0.344 e. The molecule has 6 nitrogen and oxygen atoms in total. The number of rotatable bonds is 4. The molecule has 32 heavy (non-hydrogen) atoms. The maximum Gasteiger partial charge on any atom is 0.416 e. The van der Waals surface area contributed by atoms with Crippen molar-refractivity contribution in [2.75, 3.05) is 0 Å². The van der Waals surface area contributed by atoms with E-state index in [2.05, 4.69) is 20.1 Å².